The molecule has 1 aliphatic heterocycles. The van der Waals surface area contributed by atoms with Gasteiger partial charge in [0.05, 0.1) is 5.25 Å². The van der Waals surface area contributed by atoms with Gasteiger partial charge >= 0.3 is 0 Å². The smallest absolute Gasteiger partial charge is 0.240 e. The van der Waals surface area contributed by atoms with Gasteiger partial charge in [-0.25, -0.2) is 4.39 Å². The third-order valence-corrected chi connectivity index (χ3v) is 4.58. The average Bonchev–Trinajstić information content (AvgIpc) is 2.93. The van der Waals surface area contributed by atoms with Gasteiger partial charge in [-0.3, -0.25) is 10.2 Å². The maximum absolute atomic E-state index is 13.9. The van der Waals surface area contributed by atoms with E-state index in [1.807, 2.05) is 6.92 Å². The Hall–Kier alpha value is -1.82. The molecular formula is C13H12FN3OS. The number of aromatic nitrogens is 1. The van der Waals surface area contributed by atoms with Gasteiger partial charge in [0.1, 0.15) is 5.82 Å². The van der Waals surface area contributed by atoms with Gasteiger partial charge in [0.15, 0.2) is 5.17 Å². The van der Waals surface area contributed by atoms with Crippen LogP contribution in [0.4, 0.5) is 4.39 Å². The summed E-state index contributed by atoms with van der Waals surface area (Å²) < 4.78 is 13.9. The first-order valence-corrected chi connectivity index (χ1v) is 6.77. The van der Waals surface area contributed by atoms with Crippen LogP contribution in [0.15, 0.2) is 24.4 Å². The van der Waals surface area contributed by atoms with Crippen LogP contribution < -0.4 is 5.32 Å². The fourth-order valence-corrected chi connectivity index (χ4v) is 3.34. The Bertz CT molecular complexity index is 682. The van der Waals surface area contributed by atoms with Crippen LogP contribution in [0.2, 0.25) is 0 Å². The highest BCUT2D eigenvalue weighted by Gasteiger charge is 2.35. The standard InChI is InChI=1S/C13H12FN3OS/c1-6(11-12(18)17-13(15)19-11)7-5-16-9-4-2-3-8(14)10(7)9/h2-6,11,16H,1H3,(H2,15,17,18). The van der Waals surface area contributed by atoms with Crippen molar-refractivity contribution in [3.8, 4) is 0 Å². The number of hydrogen-bond acceptors (Lipinski definition) is 3. The molecular weight excluding hydrogens is 265 g/mol. The van der Waals surface area contributed by atoms with E-state index in [1.54, 1.807) is 18.3 Å². The third kappa shape index (κ3) is 1.92. The monoisotopic (exact) mass is 277 g/mol. The SMILES string of the molecule is CC(c1c[nH]c2cccc(F)c12)C1SC(=N)NC1=O. The highest BCUT2D eigenvalue weighted by Crippen LogP contribution is 2.36. The van der Waals surface area contributed by atoms with Crippen LogP contribution in [0.3, 0.4) is 0 Å². The molecule has 1 saturated heterocycles. The molecule has 2 unspecified atom stereocenters. The van der Waals surface area contributed by atoms with Crippen molar-refractivity contribution in [2.24, 2.45) is 0 Å². The first-order valence-electron chi connectivity index (χ1n) is 5.89. The molecule has 1 aromatic heterocycles. The predicted octanol–water partition coefficient (Wildman–Crippen LogP) is 2.58. The minimum absolute atomic E-state index is 0.155. The number of carbonyl (C=O) groups is 1. The minimum Gasteiger partial charge on any atom is -0.361 e. The van der Waals surface area contributed by atoms with Crippen molar-refractivity contribution in [3.05, 3.63) is 35.8 Å². The molecule has 0 aliphatic carbocycles. The zero-order valence-electron chi connectivity index (χ0n) is 10.2. The summed E-state index contributed by atoms with van der Waals surface area (Å²) in [6.07, 6.45) is 1.74. The Morgan fingerprint density at radius 1 is 1.47 bits per heavy atom. The Morgan fingerprint density at radius 2 is 2.26 bits per heavy atom. The molecule has 0 spiro atoms. The van der Waals surface area contributed by atoms with Gasteiger partial charge < -0.3 is 10.3 Å². The molecule has 3 rings (SSSR count). The Kier molecular flexibility index (Phi) is 2.82. The molecule has 2 heterocycles. The summed E-state index contributed by atoms with van der Waals surface area (Å²) in [4.78, 5) is 14.8. The Labute approximate surface area is 113 Å². The number of nitrogens with one attached hydrogen (secondary N) is 3. The van der Waals surface area contributed by atoms with E-state index < -0.39 is 0 Å². The normalized spacial score (nSPS) is 20.8. The lowest BCUT2D eigenvalue weighted by Gasteiger charge is -2.15. The van der Waals surface area contributed by atoms with Crippen LogP contribution in [0.5, 0.6) is 0 Å². The number of thioether (sulfide) groups is 1. The van der Waals surface area contributed by atoms with Gasteiger partial charge in [-0.2, -0.15) is 0 Å². The van der Waals surface area contributed by atoms with E-state index in [0.29, 0.717) is 5.39 Å². The van der Waals surface area contributed by atoms with Crippen molar-refractivity contribution < 1.29 is 9.18 Å². The van der Waals surface area contributed by atoms with Crippen molar-refractivity contribution in [2.45, 2.75) is 18.1 Å². The summed E-state index contributed by atoms with van der Waals surface area (Å²) in [5.74, 6) is -0.647. The lowest BCUT2D eigenvalue weighted by atomic mass is 9.96. The fourth-order valence-electron chi connectivity index (χ4n) is 2.41. The summed E-state index contributed by atoms with van der Waals surface area (Å²) in [5, 5.41) is 10.3. The largest absolute Gasteiger partial charge is 0.361 e. The van der Waals surface area contributed by atoms with E-state index in [4.69, 9.17) is 5.41 Å². The van der Waals surface area contributed by atoms with E-state index in [-0.39, 0.29) is 28.1 Å². The van der Waals surface area contributed by atoms with Crippen LogP contribution in [-0.4, -0.2) is 21.3 Å². The van der Waals surface area contributed by atoms with Gasteiger partial charge in [0.25, 0.3) is 0 Å². The zero-order valence-corrected chi connectivity index (χ0v) is 11.0. The van der Waals surface area contributed by atoms with Gasteiger partial charge in [-0.1, -0.05) is 24.8 Å². The van der Waals surface area contributed by atoms with Crippen molar-refractivity contribution in [1.82, 2.24) is 10.3 Å². The zero-order chi connectivity index (χ0) is 13.6. The van der Waals surface area contributed by atoms with Crippen LogP contribution in [0.25, 0.3) is 10.9 Å². The number of hydrogen-bond donors (Lipinski definition) is 3. The van der Waals surface area contributed by atoms with Crippen molar-refractivity contribution in [3.63, 3.8) is 0 Å². The van der Waals surface area contributed by atoms with Gasteiger partial charge in [0.2, 0.25) is 5.91 Å². The molecule has 1 aliphatic rings. The highest BCUT2D eigenvalue weighted by atomic mass is 32.2. The fraction of sp³-hybridized carbons (Fsp3) is 0.231. The van der Waals surface area contributed by atoms with Crippen LogP contribution >= 0.6 is 11.8 Å². The molecule has 0 radical (unpaired) electrons. The summed E-state index contributed by atoms with van der Waals surface area (Å²) in [7, 11) is 0. The maximum atomic E-state index is 13.9. The molecule has 1 aromatic carbocycles. The van der Waals surface area contributed by atoms with Crippen molar-refractivity contribution >= 4 is 33.7 Å². The van der Waals surface area contributed by atoms with Crippen LogP contribution in [-0.2, 0) is 4.79 Å². The van der Waals surface area contributed by atoms with E-state index in [2.05, 4.69) is 10.3 Å². The van der Waals surface area contributed by atoms with Crippen molar-refractivity contribution in [2.75, 3.05) is 0 Å². The van der Waals surface area contributed by atoms with Crippen LogP contribution in [0, 0.1) is 11.2 Å². The number of H-pyrrole nitrogens is 1. The second kappa shape index (κ2) is 4.38. The molecule has 2 atom stereocenters. The van der Waals surface area contributed by atoms with Gasteiger partial charge in [0, 0.05) is 23.0 Å². The topological polar surface area (TPSA) is 68.7 Å². The van der Waals surface area contributed by atoms with E-state index >= 15 is 0 Å². The summed E-state index contributed by atoms with van der Waals surface area (Å²) >= 11 is 1.18. The molecule has 1 amide bonds. The number of halogens is 1. The second-order valence-corrected chi connectivity index (χ2v) is 5.70. The number of carbonyl (C=O) groups excluding carboxylic acids is 1. The van der Waals surface area contributed by atoms with Gasteiger partial charge in [-0.05, 0) is 17.7 Å². The first-order chi connectivity index (χ1) is 9.08. The molecule has 3 N–H and O–H groups in total. The number of rotatable bonds is 2. The summed E-state index contributed by atoms with van der Waals surface area (Å²) in [6, 6.07) is 4.87. The van der Waals surface area contributed by atoms with Crippen LogP contribution in [0.1, 0.15) is 18.4 Å². The maximum Gasteiger partial charge on any atom is 0.240 e. The minimum atomic E-state index is -0.383. The Morgan fingerprint density at radius 3 is 2.95 bits per heavy atom. The predicted molar refractivity (Wildman–Crippen MR) is 73.9 cm³/mol. The summed E-state index contributed by atoms with van der Waals surface area (Å²) in [5.41, 5.74) is 1.50. The molecule has 98 valence electrons. The average molecular weight is 277 g/mol. The van der Waals surface area contributed by atoms with E-state index in [1.165, 1.54) is 17.8 Å². The van der Waals surface area contributed by atoms with Crippen molar-refractivity contribution in [1.29, 1.82) is 5.41 Å². The first kappa shape index (κ1) is 12.2. The molecule has 19 heavy (non-hydrogen) atoms. The Balaban J connectivity index is 2.05. The van der Waals surface area contributed by atoms with E-state index in [0.717, 1.165) is 11.1 Å². The van der Waals surface area contributed by atoms with Gasteiger partial charge in [-0.15, -0.1) is 0 Å². The third-order valence-electron chi connectivity index (χ3n) is 3.37. The molecule has 0 saturated carbocycles. The molecule has 4 nitrogen and oxygen atoms in total. The van der Waals surface area contributed by atoms with E-state index in [9.17, 15) is 9.18 Å². The molecule has 0 bridgehead atoms. The molecule has 6 heteroatoms. The molecule has 1 fully saturated rings. The number of benzene rings is 1. The highest BCUT2D eigenvalue weighted by molar-refractivity contribution is 8.15. The summed E-state index contributed by atoms with van der Waals surface area (Å²) in [6.45, 7) is 1.88. The quantitative estimate of drug-likeness (QED) is 0.789. The number of amidine groups is 1. The number of aromatic amines is 1. The lowest BCUT2D eigenvalue weighted by molar-refractivity contribution is -0.119. The number of fused-ring (bicyclic) bond motifs is 1. The molecule has 2 aromatic rings. The lowest BCUT2D eigenvalue weighted by Crippen LogP contribution is -2.27. The second-order valence-electron chi connectivity index (χ2n) is 4.55. The number of amides is 1.